The second kappa shape index (κ2) is 13.2. The van der Waals surface area contributed by atoms with E-state index in [1.807, 2.05) is 0 Å². The van der Waals surface area contributed by atoms with E-state index >= 15 is 0 Å². The molecular formula is C27H33N7O4. The van der Waals surface area contributed by atoms with Crippen LogP contribution in [0.2, 0.25) is 0 Å². The van der Waals surface area contributed by atoms with Crippen molar-refractivity contribution >= 4 is 40.5 Å². The standard InChI is InChI=1S/C27H33N7O4/c1-3-38-25(36)13-15-34(23-6-4-5-14-31-23)27(37)19-9-12-22(21(28)16-19)33(2)24(35)17-32-20-10-7-18(8-11-20)26(29)30/h4-12,14,16,25,32,36H,3,13,15,17,28H2,1-2H3,(H3,29,30). The molecule has 11 nitrogen and oxygen atoms in total. The zero-order valence-electron chi connectivity index (χ0n) is 21.4. The first-order valence-corrected chi connectivity index (χ1v) is 12.1. The molecule has 0 saturated heterocycles. The van der Waals surface area contributed by atoms with Gasteiger partial charge in [-0.2, -0.15) is 0 Å². The van der Waals surface area contributed by atoms with E-state index in [1.165, 1.54) is 15.9 Å². The van der Waals surface area contributed by atoms with Gasteiger partial charge in [0.15, 0.2) is 6.29 Å². The molecule has 38 heavy (non-hydrogen) atoms. The third-order valence-electron chi connectivity index (χ3n) is 5.78. The van der Waals surface area contributed by atoms with E-state index in [-0.39, 0.29) is 42.8 Å². The Labute approximate surface area is 221 Å². The fourth-order valence-corrected chi connectivity index (χ4v) is 3.70. The van der Waals surface area contributed by atoms with Crippen LogP contribution in [0.15, 0.2) is 66.9 Å². The summed E-state index contributed by atoms with van der Waals surface area (Å²) in [5.74, 6) is -0.198. The Hall–Kier alpha value is -4.48. The molecule has 0 aliphatic heterocycles. The van der Waals surface area contributed by atoms with Gasteiger partial charge < -0.3 is 31.5 Å². The number of carbonyl (C=O) groups is 2. The van der Waals surface area contributed by atoms with Crippen molar-refractivity contribution in [2.24, 2.45) is 5.73 Å². The van der Waals surface area contributed by atoms with Crippen molar-refractivity contribution in [3.63, 3.8) is 0 Å². The number of nitrogens with two attached hydrogens (primary N) is 2. The number of amides is 2. The van der Waals surface area contributed by atoms with Gasteiger partial charge in [-0.3, -0.25) is 19.9 Å². The lowest BCUT2D eigenvalue weighted by atomic mass is 10.1. The highest BCUT2D eigenvalue weighted by molar-refractivity contribution is 6.07. The lowest BCUT2D eigenvalue weighted by molar-refractivity contribution is -0.116. The van der Waals surface area contributed by atoms with Gasteiger partial charge in [0.1, 0.15) is 11.7 Å². The van der Waals surface area contributed by atoms with E-state index in [2.05, 4.69) is 10.3 Å². The van der Waals surface area contributed by atoms with Crippen LogP contribution >= 0.6 is 0 Å². The number of anilines is 4. The van der Waals surface area contributed by atoms with E-state index in [0.717, 1.165) is 0 Å². The SMILES string of the molecule is CCOC(O)CCN(C(=O)c1ccc(N(C)C(=O)CNc2ccc(C(=N)N)cc2)c(N)c1)c1ccccn1. The summed E-state index contributed by atoms with van der Waals surface area (Å²) in [6, 6.07) is 16.8. The van der Waals surface area contributed by atoms with Gasteiger partial charge in [0.2, 0.25) is 5.91 Å². The van der Waals surface area contributed by atoms with E-state index in [0.29, 0.717) is 34.9 Å². The summed E-state index contributed by atoms with van der Waals surface area (Å²) in [5, 5.41) is 20.5. The number of aliphatic hydroxyl groups is 1. The van der Waals surface area contributed by atoms with Crippen LogP contribution in [-0.4, -0.2) is 60.8 Å². The normalized spacial score (nSPS) is 11.4. The quantitative estimate of drug-likeness (QED) is 0.105. The Morgan fingerprint density at radius 1 is 1.13 bits per heavy atom. The number of nitrogens with one attached hydrogen (secondary N) is 2. The minimum absolute atomic E-state index is 0.00561. The van der Waals surface area contributed by atoms with Crippen LogP contribution in [0.25, 0.3) is 0 Å². The van der Waals surface area contributed by atoms with Gasteiger partial charge in [0.25, 0.3) is 5.91 Å². The average molecular weight is 520 g/mol. The van der Waals surface area contributed by atoms with Gasteiger partial charge in [-0.15, -0.1) is 0 Å². The van der Waals surface area contributed by atoms with Crippen LogP contribution in [0.5, 0.6) is 0 Å². The van der Waals surface area contributed by atoms with Gasteiger partial charge in [0.05, 0.1) is 17.9 Å². The minimum Gasteiger partial charge on any atom is -0.397 e. The summed E-state index contributed by atoms with van der Waals surface area (Å²) >= 11 is 0. The highest BCUT2D eigenvalue weighted by Gasteiger charge is 2.22. The Kier molecular flexibility index (Phi) is 9.74. The van der Waals surface area contributed by atoms with Crippen LogP contribution < -0.4 is 26.6 Å². The molecule has 0 saturated carbocycles. The van der Waals surface area contributed by atoms with Gasteiger partial charge in [-0.05, 0) is 61.5 Å². The average Bonchev–Trinajstić information content (AvgIpc) is 2.92. The number of pyridine rings is 1. The molecule has 2 aromatic carbocycles. The predicted molar refractivity (Wildman–Crippen MR) is 148 cm³/mol. The Morgan fingerprint density at radius 3 is 2.45 bits per heavy atom. The third-order valence-corrected chi connectivity index (χ3v) is 5.78. The summed E-state index contributed by atoms with van der Waals surface area (Å²) in [7, 11) is 1.60. The Bertz CT molecular complexity index is 1250. The van der Waals surface area contributed by atoms with Crippen LogP contribution in [0.3, 0.4) is 0 Å². The number of rotatable bonds is 12. The molecule has 7 N–H and O–H groups in total. The van der Waals surface area contributed by atoms with Gasteiger partial charge >= 0.3 is 0 Å². The summed E-state index contributed by atoms with van der Waals surface area (Å²) in [6.45, 7) is 2.31. The molecule has 1 heterocycles. The van der Waals surface area contributed by atoms with Crippen LogP contribution in [0, 0.1) is 5.41 Å². The fraction of sp³-hybridized carbons (Fsp3) is 0.259. The molecule has 0 aliphatic carbocycles. The first kappa shape index (κ1) is 28.1. The van der Waals surface area contributed by atoms with Crippen LogP contribution in [0.4, 0.5) is 22.9 Å². The largest absolute Gasteiger partial charge is 0.397 e. The molecule has 1 unspecified atom stereocenters. The second-order valence-electron chi connectivity index (χ2n) is 8.41. The van der Waals surface area contributed by atoms with E-state index < -0.39 is 6.29 Å². The number of aliphatic hydroxyl groups excluding tert-OH is 1. The number of aromatic nitrogens is 1. The molecule has 3 aromatic rings. The number of hydrogen-bond acceptors (Lipinski definition) is 8. The first-order valence-electron chi connectivity index (χ1n) is 12.1. The number of benzene rings is 2. The van der Waals surface area contributed by atoms with Crippen LogP contribution in [0.1, 0.15) is 29.3 Å². The van der Waals surface area contributed by atoms with E-state index in [4.69, 9.17) is 21.6 Å². The summed E-state index contributed by atoms with van der Waals surface area (Å²) in [4.78, 5) is 33.3. The molecule has 2 amide bonds. The summed E-state index contributed by atoms with van der Waals surface area (Å²) in [5.41, 5.74) is 14.0. The molecule has 1 aromatic heterocycles. The zero-order valence-corrected chi connectivity index (χ0v) is 21.4. The minimum atomic E-state index is -1.01. The van der Waals surface area contributed by atoms with Crippen LogP contribution in [-0.2, 0) is 9.53 Å². The molecule has 0 radical (unpaired) electrons. The Balaban J connectivity index is 1.71. The second-order valence-corrected chi connectivity index (χ2v) is 8.41. The maximum absolute atomic E-state index is 13.4. The number of nitrogens with zero attached hydrogens (tertiary/aromatic N) is 3. The van der Waals surface area contributed by atoms with Crippen molar-refractivity contribution in [3.8, 4) is 0 Å². The van der Waals surface area contributed by atoms with Crippen molar-refractivity contribution in [2.45, 2.75) is 19.6 Å². The molecule has 0 fully saturated rings. The maximum Gasteiger partial charge on any atom is 0.259 e. The molecular weight excluding hydrogens is 486 g/mol. The van der Waals surface area contributed by atoms with E-state index in [9.17, 15) is 14.7 Å². The fourth-order valence-electron chi connectivity index (χ4n) is 3.70. The molecule has 0 aliphatic rings. The molecule has 1 atom stereocenters. The highest BCUT2D eigenvalue weighted by atomic mass is 16.6. The number of ether oxygens (including phenoxy) is 1. The monoisotopic (exact) mass is 519 g/mol. The van der Waals surface area contributed by atoms with Crippen molar-refractivity contribution in [3.05, 3.63) is 78.0 Å². The Morgan fingerprint density at radius 2 is 1.84 bits per heavy atom. The molecule has 3 rings (SSSR count). The third kappa shape index (κ3) is 7.28. The molecule has 11 heteroatoms. The van der Waals surface area contributed by atoms with Gasteiger partial charge in [-0.25, -0.2) is 4.98 Å². The molecule has 0 bridgehead atoms. The maximum atomic E-state index is 13.4. The van der Waals surface area contributed by atoms with Crippen molar-refractivity contribution in [1.29, 1.82) is 5.41 Å². The predicted octanol–water partition coefficient (Wildman–Crippen LogP) is 2.41. The first-order chi connectivity index (χ1) is 18.2. The lowest BCUT2D eigenvalue weighted by Gasteiger charge is -2.24. The highest BCUT2D eigenvalue weighted by Crippen LogP contribution is 2.25. The number of amidine groups is 1. The number of nitrogen functional groups attached to an aromatic ring is 2. The van der Waals surface area contributed by atoms with Crippen molar-refractivity contribution < 1.29 is 19.4 Å². The van der Waals surface area contributed by atoms with Crippen molar-refractivity contribution in [1.82, 2.24) is 4.98 Å². The summed E-state index contributed by atoms with van der Waals surface area (Å²) in [6.07, 6.45) is 0.774. The number of carbonyl (C=O) groups excluding carboxylic acids is 2. The topological polar surface area (TPSA) is 171 Å². The van der Waals surface area contributed by atoms with E-state index in [1.54, 1.807) is 74.8 Å². The number of hydrogen-bond donors (Lipinski definition) is 5. The van der Waals surface area contributed by atoms with Gasteiger partial charge in [0, 0.05) is 49.6 Å². The molecule has 200 valence electrons. The number of likely N-dealkylation sites (N-methyl/N-ethyl adjacent to an activating group) is 1. The smallest absolute Gasteiger partial charge is 0.259 e. The zero-order chi connectivity index (χ0) is 27.7. The van der Waals surface area contributed by atoms with Crippen molar-refractivity contribution in [2.75, 3.05) is 47.6 Å². The lowest BCUT2D eigenvalue weighted by Crippen LogP contribution is -2.35. The van der Waals surface area contributed by atoms with Gasteiger partial charge in [-0.1, -0.05) is 6.07 Å². The summed E-state index contributed by atoms with van der Waals surface area (Å²) < 4.78 is 5.18. The molecule has 0 spiro atoms.